The third-order valence-electron chi connectivity index (χ3n) is 2.26. The lowest BCUT2D eigenvalue weighted by molar-refractivity contribution is 0.0636. The highest BCUT2D eigenvalue weighted by molar-refractivity contribution is 5.84. The van der Waals surface area contributed by atoms with Gasteiger partial charge in [-0.2, -0.15) is 0 Å². The number of nitrogens with one attached hydrogen (secondary N) is 2. The predicted molar refractivity (Wildman–Crippen MR) is 73.9 cm³/mol. The van der Waals surface area contributed by atoms with Crippen LogP contribution in [0.25, 0.3) is 0 Å². The van der Waals surface area contributed by atoms with E-state index in [-0.39, 0.29) is 0 Å². The first-order valence-corrected chi connectivity index (χ1v) is 6.14. The number of rotatable bonds is 4. The van der Waals surface area contributed by atoms with E-state index in [0.717, 1.165) is 18.7 Å². The van der Waals surface area contributed by atoms with Crippen molar-refractivity contribution < 1.29 is 9.53 Å². The molecule has 0 atom stereocenters. The van der Waals surface area contributed by atoms with Gasteiger partial charge in [-0.25, -0.2) is 4.79 Å². The lowest BCUT2D eigenvalue weighted by atomic mass is 10.1. The van der Waals surface area contributed by atoms with Crippen LogP contribution in [0, 0.1) is 0 Å². The zero-order chi connectivity index (χ0) is 13.6. The Labute approximate surface area is 109 Å². The predicted octanol–water partition coefficient (Wildman–Crippen LogP) is 2.80. The summed E-state index contributed by atoms with van der Waals surface area (Å²) in [6.45, 7) is 6.47. The molecule has 1 aromatic carbocycles. The molecule has 0 heterocycles. The molecule has 0 aliphatic carbocycles. The number of carbonyl (C=O) groups excluding carboxylic acids is 1. The van der Waals surface area contributed by atoms with E-state index < -0.39 is 11.7 Å². The topological polar surface area (TPSA) is 50.4 Å². The fourth-order valence-corrected chi connectivity index (χ4v) is 1.45. The van der Waals surface area contributed by atoms with Crippen LogP contribution in [0.15, 0.2) is 24.3 Å². The summed E-state index contributed by atoms with van der Waals surface area (Å²) in [6.07, 6.45) is 0.550. The van der Waals surface area contributed by atoms with Crippen LogP contribution >= 0.6 is 0 Å². The number of hydrogen-bond donors (Lipinski definition) is 2. The van der Waals surface area contributed by atoms with Gasteiger partial charge in [0.1, 0.15) is 5.60 Å². The third kappa shape index (κ3) is 5.68. The molecule has 0 fully saturated rings. The molecule has 4 nitrogen and oxygen atoms in total. The first kappa shape index (κ1) is 14.5. The van der Waals surface area contributed by atoms with Crippen LogP contribution in [0.2, 0.25) is 0 Å². The Morgan fingerprint density at radius 2 is 1.83 bits per heavy atom. The number of benzene rings is 1. The molecule has 100 valence electrons. The minimum Gasteiger partial charge on any atom is -0.444 e. The van der Waals surface area contributed by atoms with Gasteiger partial charge in [-0.05, 0) is 58.5 Å². The molecule has 0 aliphatic rings. The van der Waals surface area contributed by atoms with Crippen molar-refractivity contribution in [2.24, 2.45) is 0 Å². The van der Waals surface area contributed by atoms with Crippen molar-refractivity contribution in [1.29, 1.82) is 0 Å². The van der Waals surface area contributed by atoms with Gasteiger partial charge in [0.25, 0.3) is 0 Å². The molecule has 0 radical (unpaired) electrons. The molecule has 0 aliphatic heterocycles. The van der Waals surface area contributed by atoms with Crippen molar-refractivity contribution in [3.05, 3.63) is 29.8 Å². The Balaban J connectivity index is 2.50. The van der Waals surface area contributed by atoms with Crippen LogP contribution < -0.4 is 10.6 Å². The molecule has 0 saturated heterocycles. The summed E-state index contributed by atoms with van der Waals surface area (Å²) in [5.41, 5.74) is 1.51. The fraction of sp³-hybridized carbons (Fsp3) is 0.500. The van der Waals surface area contributed by atoms with Crippen LogP contribution in [0.5, 0.6) is 0 Å². The van der Waals surface area contributed by atoms with Gasteiger partial charge in [-0.3, -0.25) is 5.32 Å². The number of ether oxygens (including phenoxy) is 1. The highest BCUT2D eigenvalue weighted by Gasteiger charge is 2.15. The number of carbonyl (C=O) groups is 1. The maximum atomic E-state index is 11.5. The van der Waals surface area contributed by atoms with Crippen molar-refractivity contribution in [2.45, 2.75) is 32.8 Å². The second kappa shape index (κ2) is 6.40. The van der Waals surface area contributed by atoms with E-state index in [2.05, 4.69) is 10.6 Å². The Morgan fingerprint density at radius 1 is 1.22 bits per heavy atom. The second-order valence-electron chi connectivity index (χ2n) is 5.18. The summed E-state index contributed by atoms with van der Waals surface area (Å²) >= 11 is 0. The van der Waals surface area contributed by atoms with Crippen LogP contribution in [0.3, 0.4) is 0 Å². The summed E-state index contributed by atoms with van der Waals surface area (Å²) in [5.74, 6) is 0. The van der Waals surface area contributed by atoms with Crippen LogP contribution in [-0.2, 0) is 11.2 Å². The molecule has 0 bridgehead atoms. The average Bonchev–Trinajstić information content (AvgIpc) is 2.25. The summed E-state index contributed by atoms with van der Waals surface area (Å²) in [4.78, 5) is 11.5. The Morgan fingerprint density at radius 3 is 2.33 bits per heavy atom. The Bertz CT molecular complexity index is 380. The zero-order valence-electron chi connectivity index (χ0n) is 11.5. The molecule has 0 spiro atoms. The summed E-state index contributed by atoms with van der Waals surface area (Å²) in [6, 6.07) is 7.78. The van der Waals surface area contributed by atoms with Crippen molar-refractivity contribution in [1.82, 2.24) is 5.32 Å². The van der Waals surface area contributed by atoms with E-state index in [1.165, 1.54) is 5.56 Å². The molecular formula is C14H22N2O2. The van der Waals surface area contributed by atoms with Gasteiger partial charge in [0.15, 0.2) is 0 Å². The van der Waals surface area contributed by atoms with Crippen LogP contribution in [0.1, 0.15) is 26.3 Å². The molecule has 0 aromatic heterocycles. The largest absolute Gasteiger partial charge is 0.444 e. The molecule has 0 unspecified atom stereocenters. The molecule has 4 heteroatoms. The normalized spacial score (nSPS) is 11.1. The molecule has 1 aromatic rings. The minimum atomic E-state index is -0.475. The molecular weight excluding hydrogens is 228 g/mol. The SMILES string of the molecule is CNCCc1ccc(NC(=O)OC(C)(C)C)cc1. The van der Waals surface area contributed by atoms with E-state index in [1.807, 2.05) is 52.1 Å². The third-order valence-corrected chi connectivity index (χ3v) is 2.26. The smallest absolute Gasteiger partial charge is 0.412 e. The van der Waals surface area contributed by atoms with E-state index in [4.69, 9.17) is 4.74 Å². The van der Waals surface area contributed by atoms with Gasteiger partial charge in [0.2, 0.25) is 0 Å². The average molecular weight is 250 g/mol. The first-order valence-electron chi connectivity index (χ1n) is 6.14. The molecule has 1 amide bonds. The summed E-state index contributed by atoms with van der Waals surface area (Å²) < 4.78 is 5.18. The molecule has 2 N–H and O–H groups in total. The lowest BCUT2D eigenvalue weighted by Gasteiger charge is -2.19. The Kier molecular flexibility index (Phi) is 5.16. The van der Waals surface area contributed by atoms with E-state index in [1.54, 1.807) is 0 Å². The first-order chi connectivity index (χ1) is 8.40. The van der Waals surface area contributed by atoms with E-state index in [9.17, 15) is 4.79 Å². The van der Waals surface area contributed by atoms with E-state index in [0.29, 0.717) is 0 Å². The van der Waals surface area contributed by atoms with Crippen molar-refractivity contribution >= 4 is 11.8 Å². The highest BCUT2D eigenvalue weighted by Crippen LogP contribution is 2.13. The maximum Gasteiger partial charge on any atom is 0.412 e. The zero-order valence-corrected chi connectivity index (χ0v) is 11.5. The number of likely N-dealkylation sites (N-methyl/N-ethyl adjacent to an activating group) is 1. The van der Waals surface area contributed by atoms with Crippen LogP contribution in [-0.4, -0.2) is 25.3 Å². The van der Waals surface area contributed by atoms with Crippen molar-refractivity contribution in [3.63, 3.8) is 0 Å². The summed E-state index contributed by atoms with van der Waals surface area (Å²) in [5, 5.41) is 5.80. The fourth-order valence-electron chi connectivity index (χ4n) is 1.45. The van der Waals surface area contributed by atoms with Gasteiger partial charge in [-0.15, -0.1) is 0 Å². The van der Waals surface area contributed by atoms with Gasteiger partial charge in [0.05, 0.1) is 0 Å². The summed E-state index contributed by atoms with van der Waals surface area (Å²) in [7, 11) is 1.93. The van der Waals surface area contributed by atoms with E-state index >= 15 is 0 Å². The highest BCUT2D eigenvalue weighted by atomic mass is 16.6. The number of anilines is 1. The molecule has 0 saturated carbocycles. The van der Waals surface area contributed by atoms with Gasteiger partial charge in [-0.1, -0.05) is 12.1 Å². The maximum absolute atomic E-state index is 11.5. The lowest BCUT2D eigenvalue weighted by Crippen LogP contribution is -2.27. The van der Waals surface area contributed by atoms with Gasteiger partial charge in [0, 0.05) is 5.69 Å². The molecule has 18 heavy (non-hydrogen) atoms. The van der Waals surface area contributed by atoms with Gasteiger partial charge >= 0.3 is 6.09 Å². The minimum absolute atomic E-state index is 0.425. The second-order valence-corrected chi connectivity index (χ2v) is 5.18. The van der Waals surface area contributed by atoms with Crippen LogP contribution in [0.4, 0.5) is 10.5 Å². The Hall–Kier alpha value is -1.55. The molecule has 1 rings (SSSR count). The monoisotopic (exact) mass is 250 g/mol. The number of amides is 1. The van der Waals surface area contributed by atoms with Gasteiger partial charge < -0.3 is 10.1 Å². The van der Waals surface area contributed by atoms with Crippen molar-refractivity contribution in [3.8, 4) is 0 Å². The van der Waals surface area contributed by atoms with Crippen molar-refractivity contribution in [2.75, 3.05) is 18.9 Å². The quantitative estimate of drug-likeness (QED) is 0.864. The standard InChI is InChI=1S/C14H22N2O2/c1-14(2,3)18-13(17)16-12-7-5-11(6-8-12)9-10-15-4/h5-8,15H,9-10H2,1-4H3,(H,16,17). The number of hydrogen-bond acceptors (Lipinski definition) is 3.